The first-order chi connectivity index (χ1) is 10.6. The number of hydrogen-bond donors (Lipinski definition) is 2. The van der Waals surface area contributed by atoms with E-state index in [0.29, 0.717) is 19.0 Å². The predicted molar refractivity (Wildman–Crippen MR) is 89.2 cm³/mol. The zero-order chi connectivity index (χ0) is 15.5. The number of carbonyl (C=O) groups excluding carboxylic acids is 1. The van der Waals surface area contributed by atoms with Gasteiger partial charge in [-0.3, -0.25) is 4.79 Å². The number of fused-ring (bicyclic) bond motifs is 1. The maximum absolute atomic E-state index is 11.9. The number of anilines is 1. The van der Waals surface area contributed by atoms with Crippen molar-refractivity contribution >= 4 is 32.7 Å². The van der Waals surface area contributed by atoms with Crippen molar-refractivity contribution in [3.63, 3.8) is 0 Å². The molecular weight excluding hydrogens is 298 g/mol. The van der Waals surface area contributed by atoms with Crippen LogP contribution in [0.1, 0.15) is 44.2 Å². The Bertz CT molecular complexity index is 622. The first kappa shape index (κ1) is 15.3. The van der Waals surface area contributed by atoms with Gasteiger partial charge in [0.05, 0.1) is 10.4 Å². The minimum absolute atomic E-state index is 0.137. The van der Waals surface area contributed by atoms with Crippen LogP contribution in [-0.2, 0) is 11.8 Å². The summed E-state index contributed by atoms with van der Waals surface area (Å²) in [5, 5.41) is 11.6. The van der Waals surface area contributed by atoms with Gasteiger partial charge < -0.3 is 10.6 Å². The lowest BCUT2D eigenvalue weighted by Crippen LogP contribution is -2.36. The molecule has 1 amide bonds. The Hall–Kier alpha value is -1.63. The van der Waals surface area contributed by atoms with Crippen molar-refractivity contribution < 1.29 is 4.79 Å². The van der Waals surface area contributed by atoms with E-state index in [9.17, 15) is 4.79 Å². The summed E-state index contributed by atoms with van der Waals surface area (Å²) in [5.74, 6) is 0.137. The summed E-state index contributed by atoms with van der Waals surface area (Å²) >= 11 is 1.59. The van der Waals surface area contributed by atoms with Crippen molar-refractivity contribution in [1.29, 1.82) is 0 Å². The summed E-state index contributed by atoms with van der Waals surface area (Å²) < 4.78 is 2.90. The van der Waals surface area contributed by atoms with Gasteiger partial charge in [0, 0.05) is 26.1 Å². The van der Waals surface area contributed by atoms with E-state index in [-0.39, 0.29) is 5.91 Å². The van der Waals surface area contributed by atoms with Crippen LogP contribution in [0.5, 0.6) is 0 Å². The number of aromatic nitrogens is 3. The van der Waals surface area contributed by atoms with Crippen LogP contribution in [0, 0.1) is 6.92 Å². The fourth-order valence-corrected chi connectivity index (χ4v) is 3.95. The SMILES string of the molecule is Cc1nn(C)c2nc(NCCC(=O)NC3CCCCC3)sc12. The first-order valence-electron chi connectivity index (χ1n) is 7.97. The Kier molecular flexibility index (Phi) is 4.61. The van der Waals surface area contributed by atoms with E-state index in [1.807, 2.05) is 14.0 Å². The molecule has 0 saturated heterocycles. The van der Waals surface area contributed by atoms with Gasteiger partial charge in [0.15, 0.2) is 10.8 Å². The van der Waals surface area contributed by atoms with Gasteiger partial charge in [-0.15, -0.1) is 0 Å². The highest BCUT2D eigenvalue weighted by molar-refractivity contribution is 7.22. The van der Waals surface area contributed by atoms with Crippen LogP contribution in [0.2, 0.25) is 0 Å². The van der Waals surface area contributed by atoms with Gasteiger partial charge in [-0.2, -0.15) is 5.10 Å². The lowest BCUT2D eigenvalue weighted by atomic mass is 9.95. The summed E-state index contributed by atoms with van der Waals surface area (Å²) in [4.78, 5) is 16.5. The van der Waals surface area contributed by atoms with E-state index < -0.39 is 0 Å². The highest BCUT2D eigenvalue weighted by atomic mass is 32.1. The zero-order valence-electron chi connectivity index (χ0n) is 13.2. The molecule has 3 rings (SSSR count). The van der Waals surface area contributed by atoms with Gasteiger partial charge in [-0.1, -0.05) is 30.6 Å². The summed E-state index contributed by atoms with van der Waals surface area (Å²) in [6.07, 6.45) is 6.53. The smallest absolute Gasteiger partial charge is 0.221 e. The number of amides is 1. The Morgan fingerprint density at radius 3 is 2.86 bits per heavy atom. The molecule has 22 heavy (non-hydrogen) atoms. The quantitative estimate of drug-likeness (QED) is 0.888. The zero-order valence-corrected chi connectivity index (χ0v) is 14.0. The van der Waals surface area contributed by atoms with Crippen molar-refractivity contribution in [2.24, 2.45) is 7.05 Å². The Labute approximate surface area is 134 Å². The third kappa shape index (κ3) is 3.40. The molecule has 1 saturated carbocycles. The molecule has 2 heterocycles. The summed E-state index contributed by atoms with van der Waals surface area (Å²) in [6.45, 7) is 2.60. The molecule has 7 heteroatoms. The number of aryl methyl sites for hydroxylation is 2. The third-order valence-corrected chi connectivity index (χ3v) is 5.25. The van der Waals surface area contributed by atoms with Gasteiger partial charge in [0.2, 0.25) is 5.91 Å². The van der Waals surface area contributed by atoms with Crippen molar-refractivity contribution in [3.8, 4) is 0 Å². The number of thiazole rings is 1. The average Bonchev–Trinajstić information content (AvgIpc) is 3.02. The molecule has 0 aliphatic heterocycles. The Morgan fingerprint density at radius 1 is 1.36 bits per heavy atom. The van der Waals surface area contributed by atoms with Gasteiger partial charge in [-0.25, -0.2) is 9.67 Å². The van der Waals surface area contributed by atoms with Gasteiger partial charge >= 0.3 is 0 Å². The molecule has 0 atom stereocenters. The molecule has 0 radical (unpaired) electrons. The minimum atomic E-state index is 0.137. The molecule has 1 aliphatic carbocycles. The van der Waals surface area contributed by atoms with Crippen LogP contribution in [0.4, 0.5) is 5.13 Å². The standard InChI is InChI=1S/C15H23N5OS/c1-10-13-14(20(2)19-10)18-15(22-13)16-9-8-12(21)17-11-6-4-3-5-7-11/h11H,3-9H2,1-2H3,(H,16,18)(H,17,21). The van der Waals surface area contributed by atoms with Crippen LogP contribution >= 0.6 is 11.3 Å². The second kappa shape index (κ2) is 6.64. The molecule has 0 aromatic carbocycles. The molecule has 1 aliphatic rings. The molecule has 120 valence electrons. The summed E-state index contributed by atoms with van der Waals surface area (Å²) in [5.41, 5.74) is 1.90. The van der Waals surface area contributed by atoms with Gasteiger partial charge in [0.25, 0.3) is 0 Å². The normalized spacial score (nSPS) is 16.1. The maximum Gasteiger partial charge on any atom is 0.221 e. The highest BCUT2D eigenvalue weighted by Gasteiger charge is 2.16. The molecule has 6 nitrogen and oxygen atoms in total. The number of hydrogen-bond acceptors (Lipinski definition) is 5. The fraction of sp³-hybridized carbons (Fsp3) is 0.667. The number of nitrogens with one attached hydrogen (secondary N) is 2. The monoisotopic (exact) mass is 321 g/mol. The largest absolute Gasteiger partial charge is 0.361 e. The van der Waals surface area contributed by atoms with E-state index >= 15 is 0 Å². The molecule has 2 aromatic rings. The number of carbonyl (C=O) groups is 1. The van der Waals surface area contributed by atoms with E-state index in [1.54, 1.807) is 16.0 Å². The second-order valence-corrected chi connectivity index (χ2v) is 6.96. The van der Waals surface area contributed by atoms with E-state index in [1.165, 1.54) is 19.3 Å². The van der Waals surface area contributed by atoms with Gasteiger partial charge in [0.1, 0.15) is 0 Å². The molecule has 2 aromatic heterocycles. The second-order valence-electron chi connectivity index (χ2n) is 5.96. The third-order valence-electron chi connectivity index (χ3n) is 4.14. The topological polar surface area (TPSA) is 71.8 Å². The molecule has 2 N–H and O–H groups in total. The lowest BCUT2D eigenvalue weighted by Gasteiger charge is -2.22. The Balaban J connectivity index is 1.47. The highest BCUT2D eigenvalue weighted by Crippen LogP contribution is 2.27. The average molecular weight is 321 g/mol. The molecule has 1 fully saturated rings. The van der Waals surface area contributed by atoms with Crippen LogP contribution in [0.25, 0.3) is 10.3 Å². The minimum Gasteiger partial charge on any atom is -0.361 e. The van der Waals surface area contributed by atoms with Crippen molar-refractivity contribution in [2.45, 2.75) is 51.5 Å². The van der Waals surface area contributed by atoms with Crippen molar-refractivity contribution in [2.75, 3.05) is 11.9 Å². The van der Waals surface area contributed by atoms with Crippen molar-refractivity contribution in [3.05, 3.63) is 5.69 Å². The summed E-state index contributed by atoms with van der Waals surface area (Å²) in [6, 6.07) is 0.387. The molecule has 0 spiro atoms. The fourth-order valence-electron chi connectivity index (χ4n) is 2.99. The molecule has 0 bridgehead atoms. The van der Waals surface area contributed by atoms with Crippen LogP contribution in [0.3, 0.4) is 0 Å². The molecular formula is C15H23N5OS. The summed E-state index contributed by atoms with van der Waals surface area (Å²) in [7, 11) is 1.90. The Morgan fingerprint density at radius 2 is 2.14 bits per heavy atom. The van der Waals surface area contributed by atoms with Gasteiger partial charge in [-0.05, 0) is 19.8 Å². The van der Waals surface area contributed by atoms with Crippen LogP contribution < -0.4 is 10.6 Å². The predicted octanol–water partition coefficient (Wildman–Crippen LogP) is 2.59. The molecule has 0 unspecified atom stereocenters. The van der Waals surface area contributed by atoms with E-state index in [2.05, 4.69) is 20.7 Å². The number of rotatable bonds is 5. The van der Waals surface area contributed by atoms with Crippen molar-refractivity contribution in [1.82, 2.24) is 20.1 Å². The van der Waals surface area contributed by atoms with E-state index in [4.69, 9.17) is 0 Å². The van der Waals surface area contributed by atoms with Crippen LogP contribution in [-0.4, -0.2) is 33.3 Å². The lowest BCUT2D eigenvalue weighted by molar-refractivity contribution is -0.121. The number of nitrogens with zero attached hydrogens (tertiary/aromatic N) is 3. The maximum atomic E-state index is 11.9. The van der Waals surface area contributed by atoms with Crippen LogP contribution in [0.15, 0.2) is 0 Å². The first-order valence-corrected chi connectivity index (χ1v) is 8.78. The van der Waals surface area contributed by atoms with E-state index in [0.717, 1.165) is 34.0 Å².